The summed E-state index contributed by atoms with van der Waals surface area (Å²) in [5, 5.41) is 5.41. The highest BCUT2D eigenvalue weighted by Gasteiger charge is 2.52. The SMILES string of the molecule is C[C@H](CNC(=O)COC(=O)CN1C(=O)NC2(CCCC2)C1=O)c1ccccc1. The summed E-state index contributed by atoms with van der Waals surface area (Å²) in [6.07, 6.45) is 2.91. The number of hydrogen-bond donors (Lipinski definition) is 2. The van der Waals surface area contributed by atoms with Crippen molar-refractivity contribution in [3.05, 3.63) is 35.9 Å². The molecule has 1 aromatic carbocycles. The first-order valence-electron chi connectivity index (χ1n) is 9.53. The van der Waals surface area contributed by atoms with Gasteiger partial charge in [-0.15, -0.1) is 0 Å². The number of imide groups is 1. The van der Waals surface area contributed by atoms with Gasteiger partial charge < -0.3 is 15.4 Å². The molecule has 3 rings (SSSR count). The Morgan fingerprint density at radius 1 is 1.21 bits per heavy atom. The molecule has 8 heteroatoms. The van der Waals surface area contributed by atoms with Gasteiger partial charge in [-0.05, 0) is 24.3 Å². The van der Waals surface area contributed by atoms with Crippen molar-refractivity contribution in [1.82, 2.24) is 15.5 Å². The van der Waals surface area contributed by atoms with Gasteiger partial charge in [-0.3, -0.25) is 19.3 Å². The van der Waals surface area contributed by atoms with Gasteiger partial charge in [0, 0.05) is 6.54 Å². The maximum atomic E-state index is 12.5. The minimum Gasteiger partial charge on any atom is -0.454 e. The Kier molecular flexibility index (Phi) is 5.96. The standard InChI is InChI=1S/C20H25N3O5/c1-14(15-7-3-2-4-8-15)11-21-16(24)13-28-17(25)12-23-18(26)20(22-19(23)27)9-5-6-10-20/h2-4,7-8,14H,5-6,9-13H2,1H3,(H,21,24)(H,22,27)/t14-/m1/s1. The van der Waals surface area contributed by atoms with Crippen LogP contribution < -0.4 is 10.6 Å². The van der Waals surface area contributed by atoms with Crippen LogP contribution in [0.1, 0.15) is 44.1 Å². The van der Waals surface area contributed by atoms with E-state index in [2.05, 4.69) is 10.6 Å². The molecule has 1 aliphatic carbocycles. The highest BCUT2D eigenvalue weighted by atomic mass is 16.5. The van der Waals surface area contributed by atoms with Gasteiger partial charge in [0.15, 0.2) is 6.61 Å². The van der Waals surface area contributed by atoms with Crippen LogP contribution in [0, 0.1) is 0 Å². The molecule has 1 spiro atoms. The number of nitrogens with zero attached hydrogens (tertiary/aromatic N) is 1. The number of urea groups is 1. The number of hydrogen-bond acceptors (Lipinski definition) is 5. The molecule has 2 aliphatic rings. The van der Waals surface area contributed by atoms with E-state index < -0.39 is 36.6 Å². The predicted octanol–water partition coefficient (Wildman–Crippen LogP) is 1.31. The molecule has 1 saturated heterocycles. The lowest BCUT2D eigenvalue weighted by Crippen LogP contribution is -2.44. The second-order valence-corrected chi connectivity index (χ2v) is 7.39. The van der Waals surface area contributed by atoms with E-state index >= 15 is 0 Å². The van der Waals surface area contributed by atoms with Crippen molar-refractivity contribution < 1.29 is 23.9 Å². The van der Waals surface area contributed by atoms with Crippen LogP contribution in [-0.2, 0) is 19.1 Å². The largest absolute Gasteiger partial charge is 0.454 e. The van der Waals surface area contributed by atoms with E-state index in [4.69, 9.17) is 4.74 Å². The van der Waals surface area contributed by atoms with Crippen LogP contribution in [0.4, 0.5) is 4.79 Å². The van der Waals surface area contributed by atoms with Crippen molar-refractivity contribution in [3.8, 4) is 0 Å². The Balaban J connectivity index is 1.41. The van der Waals surface area contributed by atoms with E-state index in [1.807, 2.05) is 37.3 Å². The fraction of sp³-hybridized carbons (Fsp3) is 0.500. The maximum Gasteiger partial charge on any atom is 0.326 e. The van der Waals surface area contributed by atoms with Crippen molar-refractivity contribution in [2.45, 2.75) is 44.1 Å². The van der Waals surface area contributed by atoms with Gasteiger partial charge in [-0.2, -0.15) is 0 Å². The third-order valence-electron chi connectivity index (χ3n) is 5.33. The average molecular weight is 387 g/mol. The molecule has 1 aliphatic heterocycles. The zero-order chi connectivity index (χ0) is 20.1. The van der Waals surface area contributed by atoms with Crippen LogP contribution in [-0.4, -0.2) is 54.0 Å². The van der Waals surface area contributed by atoms with Crippen molar-refractivity contribution in [2.75, 3.05) is 19.7 Å². The first kappa shape index (κ1) is 19.9. The summed E-state index contributed by atoms with van der Waals surface area (Å²) < 4.78 is 4.93. The number of esters is 1. The van der Waals surface area contributed by atoms with E-state index in [9.17, 15) is 19.2 Å². The van der Waals surface area contributed by atoms with Crippen LogP contribution in [0.2, 0.25) is 0 Å². The number of nitrogens with one attached hydrogen (secondary N) is 2. The minimum atomic E-state index is -0.859. The van der Waals surface area contributed by atoms with Gasteiger partial charge in [0.05, 0.1) is 0 Å². The molecular weight excluding hydrogens is 362 g/mol. The van der Waals surface area contributed by atoms with E-state index in [-0.39, 0.29) is 11.8 Å². The summed E-state index contributed by atoms with van der Waals surface area (Å²) in [4.78, 5) is 49.3. The Morgan fingerprint density at radius 2 is 1.89 bits per heavy atom. The summed E-state index contributed by atoms with van der Waals surface area (Å²) in [6.45, 7) is 1.46. The first-order chi connectivity index (χ1) is 13.4. The number of ether oxygens (including phenoxy) is 1. The third kappa shape index (κ3) is 4.32. The molecule has 1 aromatic rings. The van der Waals surface area contributed by atoms with Crippen LogP contribution in [0.25, 0.3) is 0 Å². The lowest BCUT2D eigenvalue weighted by Gasteiger charge is -2.19. The van der Waals surface area contributed by atoms with Gasteiger partial charge >= 0.3 is 12.0 Å². The molecule has 1 atom stereocenters. The van der Waals surface area contributed by atoms with Gasteiger partial charge in [-0.1, -0.05) is 50.1 Å². The Labute approximate surface area is 163 Å². The summed E-state index contributed by atoms with van der Waals surface area (Å²) in [7, 11) is 0. The lowest BCUT2D eigenvalue weighted by molar-refractivity contribution is -0.151. The second kappa shape index (κ2) is 8.41. The fourth-order valence-corrected chi connectivity index (χ4v) is 3.68. The van der Waals surface area contributed by atoms with Gasteiger partial charge in [-0.25, -0.2) is 4.79 Å². The molecule has 0 bridgehead atoms. The van der Waals surface area contributed by atoms with Crippen molar-refractivity contribution in [3.63, 3.8) is 0 Å². The molecular formula is C20H25N3O5. The average Bonchev–Trinajstić information content (AvgIpc) is 3.26. The monoisotopic (exact) mass is 387 g/mol. The number of benzene rings is 1. The number of amides is 4. The fourth-order valence-electron chi connectivity index (χ4n) is 3.68. The molecule has 4 amide bonds. The minimum absolute atomic E-state index is 0.120. The quantitative estimate of drug-likeness (QED) is 0.542. The molecule has 1 saturated carbocycles. The maximum absolute atomic E-state index is 12.5. The smallest absolute Gasteiger partial charge is 0.326 e. The summed E-state index contributed by atoms with van der Waals surface area (Å²) in [5.41, 5.74) is 0.238. The van der Waals surface area contributed by atoms with Crippen molar-refractivity contribution in [1.29, 1.82) is 0 Å². The third-order valence-corrected chi connectivity index (χ3v) is 5.33. The summed E-state index contributed by atoms with van der Waals surface area (Å²) in [5.74, 6) is -1.48. The zero-order valence-electron chi connectivity index (χ0n) is 15.9. The molecule has 2 N–H and O–H groups in total. The van der Waals surface area contributed by atoms with Crippen LogP contribution in [0.5, 0.6) is 0 Å². The second-order valence-electron chi connectivity index (χ2n) is 7.39. The number of rotatable bonds is 7. The lowest BCUT2D eigenvalue weighted by atomic mass is 9.98. The van der Waals surface area contributed by atoms with Crippen LogP contribution in [0.3, 0.4) is 0 Å². The van der Waals surface area contributed by atoms with Crippen molar-refractivity contribution in [2.24, 2.45) is 0 Å². The van der Waals surface area contributed by atoms with E-state index in [0.717, 1.165) is 23.3 Å². The molecule has 2 fully saturated rings. The van der Waals surface area contributed by atoms with Crippen LogP contribution in [0.15, 0.2) is 30.3 Å². The van der Waals surface area contributed by atoms with Gasteiger partial charge in [0.2, 0.25) is 0 Å². The molecule has 0 unspecified atom stereocenters. The Morgan fingerprint density at radius 3 is 2.57 bits per heavy atom. The van der Waals surface area contributed by atoms with E-state index in [1.54, 1.807) is 0 Å². The predicted molar refractivity (Wildman–Crippen MR) is 100 cm³/mol. The molecule has 28 heavy (non-hydrogen) atoms. The Bertz CT molecular complexity index is 758. The van der Waals surface area contributed by atoms with Gasteiger partial charge in [0.1, 0.15) is 12.1 Å². The first-order valence-corrected chi connectivity index (χ1v) is 9.53. The van der Waals surface area contributed by atoms with E-state index in [1.165, 1.54) is 0 Å². The summed E-state index contributed by atoms with van der Waals surface area (Å²) in [6, 6.07) is 9.17. The molecule has 150 valence electrons. The normalized spacial score (nSPS) is 18.8. The highest BCUT2D eigenvalue weighted by Crippen LogP contribution is 2.34. The van der Waals surface area contributed by atoms with Crippen molar-refractivity contribution >= 4 is 23.8 Å². The topological polar surface area (TPSA) is 105 Å². The van der Waals surface area contributed by atoms with Gasteiger partial charge in [0.25, 0.3) is 11.8 Å². The van der Waals surface area contributed by atoms with Crippen LogP contribution >= 0.6 is 0 Å². The number of carbonyl (C=O) groups is 4. The zero-order valence-corrected chi connectivity index (χ0v) is 15.9. The van der Waals surface area contributed by atoms with E-state index in [0.29, 0.717) is 19.4 Å². The summed E-state index contributed by atoms with van der Waals surface area (Å²) >= 11 is 0. The molecule has 0 aromatic heterocycles. The molecule has 8 nitrogen and oxygen atoms in total. The molecule has 0 radical (unpaired) electrons. The Hall–Kier alpha value is -2.90. The number of carbonyl (C=O) groups excluding carboxylic acids is 4. The molecule has 1 heterocycles. The highest BCUT2D eigenvalue weighted by molar-refractivity contribution is 6.08.